The Morgan fingerprint density at radius 1 is 1.53 bits per heavy atom. The van der Waals surface area contributed by atoms with Gasteiger partial charge >= 0.3 is 0 Å². The molecule has 0 aliphatic carbocycles. The van der Waals surface area contributed by atoms with Gasteiger partial charge in [0.1, 0.15) is 5.69 Å². The van der Waals surface area contributed by atoms with Gasteiger partial charge in [0.15, 0.2) is 0 Å². The number of piperidine rings is 1. The summed E-state index contributed by atoms with van der Waals surface area (Å²) in [5.41, 5.74) is 0.769. The van der Waals surface area contributed by atoms with Crippen LogP contribution in [0.3, 0.4) is 0 Å². The van der Waals surface area contributed by atoms with Gasteiger partial charge < -0.3 is 14.8 Å². The molecule has 19 heavy (non-hydrogen) atoms. The monoisotopic (exact) mass is 327 g/mol. The quantitative estimate of drug-likeness (QED) is 0.921. The number of nitrogens with zero attached hydrogens (tertiary/aromatic N) is 2. The third kappa shape index (κ3) is 3.60. The van der Waals surface area contributed by atoms with Gasteiger partial charge in [0.05, 0.1) is 0 Å². The molecular weight excluding hydrogens is 306 g/mol. The Hall–Kier alpha value is -0.810. The first kappa shape index (κ1) is 14.6. The molecule has 0 bridgehead atoms. The van der Waals surface area contributed by atoms with E-state index < -0.39 is 0 Å². The van der Waals surface area contributed by atoms with E-state index in [9.17, 15) is 4.79 Å². The number of carbonyl (C=O) groups is 1. The first-order chi connectivity index (χ1) is 9.11. The highest BCUT2D eigenvalue weighted by molar-refractivity contribution is 9.10. The number of hydrogen-bond donors (Lipinski definition) is 1. The lowest BCUT2D eigenvalue weighted by Gasteiger charge is -2.27. The lowest BCUT2D eigenvalue weighted by molar-refractivity contribution is 0.0752. The van der Waals surface area contributed by atoms with Crippen LogP contribution in [0, 0.1) is 5.92 Å². The summed E-state index contributed by atoms with van der Waals surface area (Å²) >= 11 is 3.44. The third-order valence-electron chi connectivity index (χ3n) is 3.76. The molecule has 0 aromatic carbocycles. The Bertz CT molecular complexity index is 438. The molecule has 0 spiro atoms. The summed E-state index contributed by atoms with van der Waals surface area (Å²) in [4.78, 5) is 14.3. The van der Waals surface area contributed by atoms with Gasteiger partial charge in [-0.3, -0.25) is 4.79 Å². The van der Waals surface area contributed by atoms with Crippen molar-refractivity contribution in [2.75, 3.05) is 26.7 Å². The second-order valence-electron chi connectivity index (χ2n) is 5.21. The molecule has 1 saturated heterocycles. The number of halogens is 1. The molecule has 0 radical (unpaired) electrons. The van der Waals surface area contributed by atoms with Gasteiger partial charge in [0.25, 0.3) is 5.91 Å². The average molecular weight is 328 g/mol. The normalized spacial score (nSPS) is 16.6. The van der Waals surface area contributed by atoms with Gasteiger partial charge in [-0.15, -0.1) is 0 Å². The van der Waals surface area contributed by atoms with E-state index in [-0.39, 0.29) is 5.91 Å². The lowest BCUT2D eigenvalue weighted by atomic mass is 9.97. The molecule has 1 aliphatic rings. The topological polar surface area (TPSA) is 37.3 Å². The van der Waals surface area contributed by atoms with Crippen molar-refractivity contribution >= 4 is 21.8 Å². The van der Waals surface area contributed by atoms with Crippen LogP contribution in [0.1, 0.15) is 30.3 Å². The summed E-state index contributed by atoms with van der Waals surface area (Å²) < 4.78 is 2.96. The minimum Gasteiger partial charge on any atom is -0.343 e. The van der Waals surface area contributed by atoms with Gasteiger partial charge in [-0.1, -0.05) is 0 Å². The first-order valence-electron chi connectivity index (χ1n) is 6.93. The molecule has 0 atom stereocenters. The van der Waals surface area contributed by atoms with Crippen molar-refractivity contribution in [1.82, 2.24) is 14.8 Å². The van der Waals surface area contributed by atoms with Crippen LogP contribution in [-0.2, 0) is 6.54 Å². The number of aromatic nitrogens is 1. The number of amides is 1. The summed E-state index contributed by atoms with van der Waals surface area (Å²) in [6, 6.07) is 1.91. The van der Waals surface area contributed by atoms with E-state index in [1.54, 1.807) is 0 Å². The lowest BCUT2D eigenvalue weighted by Crippen LogP contribution is -2.37. The standard InChI is InChI=1S/C14H22BrN3O/c1-3-18-10-12(15)8-13(18)14(19)17(2)9-11-4-6-16-7-5-11/h8,10-11,16H,3-7,9H2,1-2H3. The van der Waals surface area contributed by atoms with Gasteiger partial charge in [0.2, 0.25) is 0 Å². The predicted octanol–water partition coefficient (Wildman–Crippen LogP) is 2.34. The zero-order valence-electron chi connectivity index (χ0n) is 11.7. The fourth-order valence-electron chi connectivity index (χ4n) is 2.65. The number of aryl methyl sites for hydroxylation is 1. The van der Waals surface area contributed by atoms with Gasteiger partial charge in [-0.05, 0) is 60.8 Å². The minimum absolute atomic E-state index is 0.117. The van der Waals surface area contributed by atoms with E-state index in [2.05, 4.69) is 28.2 Å². The largest absolute Gasteiger partial charge is 0.343 e. The van der Waals surface area contributed by atoms with Crippen molar-refractivity contribution in [3.63, 3.8) is 0 Å². The summed E-state index contributed by atoms with van der Waals surface area (Å²) in [7, 11) is 1.91. The van der Waals surface area contributed by atoms with Gasteiger partial charge in [0, 0.05) is 30.8 Å². The van der Waals surface area contributed by atoms with Gasteiger partial charge in [-0.25, -0.2) is 0 Å². The van der Waals surface area contributed by atoms with E-state index >= 15 is 0 Å². The average Bonchev–Trinajstić information content (AvgIpc) is 2.80. The number of carbonyl (C=O) groups excluding carboxylic acids is 1. The maximum atomic E-state index is 12.5. The second-order valence-corrected chi connectivity index (χ2v) is 6.12. The summed E-state index contributed by atoms with van der Waals surface area (Å²) in [5.74, 6) is 0.745. The Morgan fingerprint density at radius 3 is 2.84 bits per heavy atom. The summed E-state index contributed by atoms with van der Waals surface area (Å²) in [6.07, 6.45) is 4.29. The molecular formula is C14H22BrN3O. The van der Waals surface area contributed by atoms with E-state index in [1.165, 1.54) is 0 Å². The van der Waals surface area contributed by atoms with Crippen molar-refractivity contribution in [3.05, 3.63) is 22.4 Å². The van der Waals surface area contributed by atoms with Gasteiger partial charge in [-0.2, -0.15) is 0 Å². The van der Waals surface area contributed by atoms with Crippen LogP contribution in [-0.4, -0.2) is 42.1 Å². The third-order valence-corrected chi connectivity index (χ3v) is 4.19. The SMILES string of the molecule is CCn1cc(Br)cc1C(=O)N(C)CC1CCNCC1. The molecule has 1 N–H and O–H groups in total. The summed E-state index contributed by atoms with van der Waals surface area (Å²) in [6.45, 7) is 5.87. The van der Waals surface area contributed by atoms with Crippen LogP contribution in [0.25, 0.3) is 0 Å². The number of rotatable bonds is 4. The molecule has 1 aliphatic heterocycles. The second kappa shape index (κ2) is 6.57. The molecule has 1 fully saturated rings. The van der Waals surface area contributed by atoms with E-state index in [1.807, 2.05) is 28.8 Å². The molecule has 1 aromatic rings. The maximum absolute atomic E-state index is 12.5. The van der Waals surface area contributed by atoms with Crippen molar-refractivity contribution in [3.8, 4) is 0 Å². The highest BCUT2D eigenvalue weighted by Gasteiger charge is 2.21. The molecule has 0 unspecified atom stereocenters. The van der Waals surface area contributed by atoms with Crippen molar-refractivity contribution < 1.29 is 4.79 Å². The number of nitrogens with one attached hydrogen (secondary N) is 1. The Kier molecular flexibility index (Phi) is 5.05. The van der Waals surface area contributed by atoms with Crippen LogP contribution in [0.15, 0.2) is 16.7 Å². The van der Waals surface area contributed by atoms with E-state index in [0.29, 0.717) is 5.92 Å². The van der Waals surface area contributed by atoms with Crippen LogP contribution in [0.5, 0.6) is 0 Å². The molecule has 1 aromatic heterocycles. The van der Waals surface area contributed by atoms with E-state index in [0.717, 1.165) is 49.2 Å². The Morgan fingerprint density at radius 2 is 2.21 bits per heavy atom. The van der Waals surface area contributed by atoms with Crippen LogP contribution in [0.2, 0.25) is 0 Å². The molecule has 0 saturated carbocycles. The maximum Gasteiger partial charge on any atom is 0.270 e. The van der Waals surface area contributed by atoms with Crippen LogP contribution in [0.4, 0.5) is 0 Å². The summed E-state index contributed by atoms with van der Waals surface area (Å²) in [5, 5.41) is 3.36. The molecule has 5 heteroatoms. The minimum atomic E-state index is 0.117. The van der Waals surface area contributed by atoms with Crippen molar-refractivity contribution in [2.24, 2.45) is 5.92 Å². The number of hydrogen-bond acceptors (Lipinski definition) is 2. The zero-order valence-corrected chi connectivity index (χ0v) is 13.2. The van der Waals surface area contributed by atoms with Crippen LogP contribution >= 0.6 is 15.9 Å². The molecule has 1 amide bonds. The zero-order chi connectivity index (χ0) is 13.8. The van der Waals surface area contributed by atoms with Crippen LogP contribution < -0.4 is 5.32 Å². The molecule has 106 valence electrons. The molecule has 4 nitrogen and oxygen atoms in total. The first-order valence-corrected chi connectivity index (χ1v) is 7.73. The van der Waals surface area contributed by atoms with Crippen molar-refractivity contribution in [1.29, 1.82) is 0 Å². The smallest absolute Gasteiger partial charge is 0.270 e. The Labute approximate surface area is 123 Å². The highest BCUT2D eigenvalue weighted by Crippen LogP contribution is 2.18. The highest BCUT2D eigenvalue weighted by atomic mass is 79.9. The Balaban J connectivity index is 2.01. The fourth-order valence-corrected chi connectivity index (χ4v) is 3.11. The predicted molar refractivity (Wildman–Crippen MR) is 80.4 cm³/mol. The molecule has 2 heterocycles. The molecule has 2 rings (SSSR count). The van der Waals surface area contributed by atoms with Crippen molar-refractivity contribution in [2.45, 2.75) is 26.3 Å². The fraction of sp³-hybridized carbons (Fsp3) is 0.643. The van der Waals surface area contributed by atoms with E-state index in [4.69, 9.17) is 0 Å².